The molecule has 2 atom stereocenters. The molecule has 0 saturated heterocycles. The Kier molecular flexibility index (Phi) is 34.0. The fourth-order valence-corrected chi connectivity index (χ4v) is 5.46. The van der Waals surface area contributed by atoms with Crippen LogP contribution in [-0.2, 0) is 32.7 Å². The van der Waals surface area contributed by atoms with E-state index in [1.165, 1.54) is 19.3 Å². The third-order valence-electron chi connectivity index (χ3n) is 7.91. The molecule has 0 aromatic rings. The Morgan fingerprint density at radius 1 is 0.593 bits per heavy atom. The van der Waals surface area contributed by atoms with E-state index in [2.05, 4.69) is 98.9 Å². The van der Waals surface area contributed by atoms with Crippen LogP contribution in [0.1, 0.15) is 129 Å². The third-order valence-corrected chi connectivity index (χ3v) is 8.89. The van der Waals surface area contributed by atoms with Gasteiger partial charge < -0.3 is 18.9 Å². The fourth-order valence-electron chi connectivity index (χ4n) is 4.71. The molecule has 0 heterocycles. The average molecular weight is 777 g/mol. The average Bonchev–Trinajstić information content (AvgIpc) is 3.12. The van der Waals surface area contributed by atoms with Gasteiger partial charge in [-0.2, -0.15) is 0 Å². The summed E-state index contributed by atoms with van der Waals surface area (Å²) in [5.74, 6) is -0.904. The van der Waals surface area contributed by atoms with Crippen LogP contribution in [0.5, 0.6) is 0 Å². The minimum Gasteiger partial charge on any atom is -0.462 e. The molecule has 10 heteroatoms. The predicted molar refractivity (Wildman–Crippen MR) is 224 cm³/mol. The number of hydrogen-bond acceptors (Lipinski definition) is 7. The highest BCUT2D eigenvalue weighted by atomic mass is 31.2. The number of rotatable bonds is 35. The second-order valence-corrected chi connectivity index (χ2v) is 15.7. The van der Waals surface area contributed by atoms with E-state index in [1.807, 2.05) is 21.1 Å². The Morgan fingerprint density at radius 2 is 1.04 bits per heavy atom. The minimum absolute atomic E-state index is 0.0128. The molecule has 308 valence electrons. The van der Waals surface area contributed by atoms with E-state index in [-0.39, 0.29) is 26.1 Å². The van der Waals surface area contributed by atoms with Gasteiger partial charge in [0.05, 0.1) is 27.7 Å². The van der Waals surface area contributed by atoms with E-state index in [0.717, 1.165) is 70.6 Å². The first-order valence-electron chi connectivity index (χ1n) is 20.3. The summed E-state index contributed by atoms with van der Waals surface area (Å²) in [5.41, 5.74) is 0. The van der Waals surface area contributed by atoms with Gasteiger partial charge in [-0.15, -0.1) is 0 Å². The molecule has 1 N–H and O–H groups in total. The second kappa shape index (κ2) is 35.9. The van der Waals surface area contributed by atoms with E-state index < -0.39 is 32.5 Å². The number of phosphoric acid groups is 1. The van der Waals surface area contributed by atoms with Crippen LogP contribution in [0, 0.1) is 0 Å². The number of carbonyl (C=O) groups excluding carboxylic acids is 2. The Bertz CT molecular complexity index is 1200. The summed E-state index contributed by atoms with van der Waals surface area (Å²) >= 11 is 0. The van der Waals surface area contributed by atoms with Crippen LogP contribution in [0.2, 0.25) is 0 Å². The SMILES string of the molecule is CC/C=C/C/C=C/C/C=C/C/C=C/CCCCC(=O)OC[C@H](COP(=O)(O)OCC[N+](C)(C)C)OC(=O)CCCC/C=C/C/C=C/C/C=C/CCCCC. The molecule has 0 rings (SSSR count). The van der Waals surface area contributed by atoms with Crippen molar-refractivity contribution in [1.29, 1.82) is 0 Å². The molecule has 0 spiro atoms. The van der Waals surface area contributed by atoms with Crippen molar-refractivity contribution in [1.82, 2.24) is 0 Å². The van der Waals surface area contributed by atoms with Gasteiger partial charge in [-0.25, -0.2) is 4.57 Å². The second-order valence-electron chi connectivity index (χ2n) is 14.3. The van der Waals surface area contributed by atoms with Crippen molar-refractivity contribution in [3.05, 3.63) is 85.1 Å². The summed E-state index contributed by atoms with van der Waals surface area (Å²) in [6.07, 6.45) is 45.0. The number of nitrogens with zero attached hydrogens (tertiary/aromatic N) is 1. The highest BCUT2D eigenvalue weighted by molar-refractivity contribution is 7.47. The Morgan fingerprint density at radius 3 is 1.50 bits per heavy atom. The maximum absolute atomic E-state index is 12.6. The molecule has 0 aliphatic carbocycles. The highest BCUT2D eigenvalue weighted by Crippen LogP contribution is 2.43. The van der Waals surface area contributed by atoms with Crippen LogP contribution >= 0.6 is 7.82 Å². The van der Waals surface area contributed by atoms with Crippen LogP contribution < -0.4 is 0 Å². The molecule has 0 fully saturated rings. The Labute approximate surface area is 329 Å². The largest absolute Gasteiger partial charge is 0.472 e. The maximum atomic E-state index is 12.6. The van der Waals surface area contributed by atoms with Gasteiger partial charge in [0.25, 0.3) is 0 Å². The lowest BCUT2D eigenvalue weighted by Crippen LogP contribution is -2.37. The summed E-state index contributed by atoms with van der Waals surface area (Å²) in [4.78, 5) is 35.2. The van der Waals surface area contributed by atoms with E-state index in [9.17, 15) is 19.0 Å². The number of phosphoric ester groups is 1. The van der Waals surface area contributed by atoms with Gasteiger partial charge >= 0.3 is 19.8 Å². The highest BCUT2D eigenvalue weighted by Gasteiger charge is 2.27. The first-order chi connectivity index (χ1) is 26.0. The smallest absolute Gasteiger partial charge is 0.462 e. The Balaban J connectivity index is 4.57. The topological polar surface area (TPSA) is 108 Å². The molecule has 0 bridgehead atoms. The van der Waals surface area contributed by atoms with Crippen LogP contribution in [0.3, 0.4) is 0 Å². The molecule has 0 amide bonds. The zero-order valence-corrected chi connectivity index (χ0v) is 35.3. The van der Waals surface area contributed by atoms with Gasteiger partial charge in [-0.3, -0.25) is 18.6 Å². The van der Waals surface area contributed by atoms with Crippen molar-refractivity contribution in [2.45, 2.75) is 136 Å². The van der Waals surface area contributed by atoms with Gasteiger partial charge in [-0.1, -0.05) is 112 Å². The molecule has 54 heavy (non-hydrogen) atoms. The molecule has 0 radical (unpaired) electrons. The van der Waals surface area contributed by atoms with E-state index in [0.29, 0.717) is 23.9 Å². The van der Waals surface area contributed by atoms with Crippen LogP contribution in [0.25, 0.3) is 0 Å². The lowest BCUT2D eigenvalue weighted by Gasteiger charge is -2.24. The van der Waals surface area contributed by atoms with Gasteiger partial charge in [-0.05, 0) is 89.9 Å². The fraction of sp³-hybridized carbons (Fsp3) is 0.636. The number of quaternary nitrogens is 1. The van der Waals surface area contributed by atoms with E-state index in [1.54, 1.807) is 0 Å². The number of ether oxygens (including phenoxy) is 2. The lowest BCUT2D eigenvalue weighted by molar-refractivity contribution is -0.870. The molecule has 0 aromatic heterocycles. The molecular weight excluding hydrogens is 701 g/mol. The molecule has 0 aromatic carbocycles. The van der Waals surface area contributed by atoms with Crippen molar-refractivity contribution in [3.8, 4) is 0 Å². The summed E-state index contributed by atoms with van der Waals surface area (Å²) in [6, 6.07) is 0. The number of hydrogen-bond donors (Lipinski definition) is 1. The number of esters is 2. The normalized spacial score (nSPS) is 14.6. The number of unbranched alkanes of at least 4 members (excludes halogenated alkanes) is 7. The summed E-state index contributed by atoms with van der Waals surface area (Å²) in [5, 5.41) is 0. The first kappa shape index (κ1) is 51.2. The van der Waals surface area contributed by atoms with Crippen molar-refractivity contribution in [2.24, 2.45) is 0 Å². The summed E-state index contributed by atoms with van der Waals surface area (Å²) < 4.78 is 34.1. The van der Waals surface area contributed by atoms with Crippen molar-refractivity contribution >= 4 is 19.8 Å². The molecule has 0 aliphatic heterocycles. The molecule has 9 nitrogen and oxygen atoms in total. The monoisotopic (exact) mass is 777 g/mol. The summed E-state index contributed by atoms with van der Waals surface area (Å²) in [7, 11) is 1.41. The third kappa shape index (κ3) is 38.9. The number of carbonyl (C=O) groups is 2. The van der Waals surface area contributed by atoms with Gasteiger partial charge in [0.15, 0.2) is 6.10 Å². The van der Waals surface area contributed by atoms with Crippen LogP contribution in [0.15, 0.2) is 85.1 Å². The summed E-state index contributed by atoms with van der Waals surface area (Å²) in [6.45, 7) is 4.15. The van der Waals surface area contributed by atoms with E-state index in [4.69, 9.17) is 18.5 Å². The van der Waals surface area contributed by atoms with Gasteiger partial charge in [0.1, 0.15) is 19.8 Å². The van der Waals surface area contributed by atoms with Crippen molar-refractivity contribution in [2.75, 3.05) is 47.5 Å². The Hall–Kier alpha value is -2.81. The number of allylic oxidation sites excluding steroid dienone is 14. The van der Waals surface area contributed by atoms with Gasteiger partial charge in [0, 0.05) is 12.8 Å². The molecule has 0 aliphatic rings. The van der Waals surface area contributed by atoms with E-state index >= 15 is 0 Å². The zero-order valence-electron chi connectivity index (χ0n) is 34.4. The zero-order chi connectivity index (χ0) is 40.0. The van der Waals surface area contributed by atoms with Crippen LogP contribution in [-0.4, -0.2) is 74.9 Å². The molecular formula is C44H75NO8P+. The quantitative estimate of drug-likeness (QED) is 0.0223. The predicted octanol–water partition coefficient (Wildman–Crippen LogP) is 11.2. The van der Waals surface area contributed by atoms with Crippen molar-refractivity contribution < 1.29 is 42.1 Å². The van der Waals surface area contributed by atoms with Gasteiger partial charge in [0.2, 0.25) is 0 Å². The standard InChI is InChI=1S/C44H74NO8P/c1-6-8-10-12-14-16-18-20-22-24-26-28-30-32-34-36-43(46)50-40-42(41-52-54(48,49)51-39-38-45(3,4)5)53-44(47)37-35-33-31-29-27-25-23-21-19-17-15-13-11-9-7-2/h8,10,14-17,20-23,26-29,42H,6-7,9,11-13,18-19,24-25,30-41H2,1-5H3/p+1/b10-8+,16-14+,17-15+,22-20+,23-21+,28-26+,29-27+/t42-/m1/s1. The lowest BCUT2D eigenvalue weighted by atomic mass is 10.1. The molecule has 1 unspecified atom stereocenters. The number of likely N-dealkylation sites (N-methyl/N-ethyl adjacent to an activating group) is 1. The molecule has 0 saturated carbocycles. The van der Waals surface area contributed by atoms with Crippen molar-refractivity contribution in [3.63, 3.8) is 0 Å². The maximum Gasteiger partial charge on any atom is 0.472 e. The van der Waals surface area contributed by atoms with Crippen LogP contribution in [0.4, 0.5) is 0 Å². The minimum atomic E-state index is -4.40. The first-order valence-corrected chi connectivity index (χ1v) is 21.8.